The van der Waals surface area contributed by atoms with Crippen LogP contribution in [0.3, 0.4) is 0 Å². The van der Waals surface area contributed by atoms with E-state index in [2.05, 4.69) is 11.1 Å². The van der Waals surface area contributed by atoms with Gasteiger partial charge in [-0.3, -0.25) is 14.3 Å². The van der Waals surface area contributed by atoms with Crippen LogP contribution in [0.4, 0.5) is 10.2 Å². The molecule has 1 aromatic carbocycles. The molecule has 0 amide bonds. The van der Waals surface area contributed by atoms with Gasteiger partial charge in [0.05, 0.1) is 35.1 Å². The summed E-state index contributed by atoms with van der Waals surface area (Å²) in [6.07, 6.45) is 4.76. The van der Waals surface area contributed by atoms with Crippen molar-refractivity contribution in [3.8, 4) is 22.9 Å². The van der Waals surface area contributed by atoms with Crippen molar-refractivity contribution in [1.29, 1.82) is 5.26 Å². The first-order valence-electron chi connectivity index (χ1n) is 11.3. The maximum Gasteiger partial charge on any atom is 0.338 e. The van der Waals surface area contributed by atoms with Gasteiger partial charge in [-0.2, -0.15) is 5.26 Å². The Hall–Kier alpha value is -3.48. The average Bonchev–Trinajstić information content (AvgIpc) is 3.47. The van der Waals surface area contributed by atoms with Crippen molar-refractivity contribution in [3.63, 3.8) is 0 Å². The minimum absolute atomic E-state index is 0.0689. The molecule has 1 spiro atoms. The number of anilines is 1. The Kier molecular flexibility index (Phi) is 5.95. The topological polar surface area (TPSA) is 93.2 Å². The number of rotatable bonds is 4. The van der Waals surface area contributed by atoms with Crippen LogP contribution >= 0.6 is 11.6 Å². The van der Waals surface area contributed by atoms with Crippen LogP contribution in [-0.4, -0.2) is 40.4 Å². The highest BCUT2D eigenvalue weighted by Crippen LogP contribution is 2.42. The third-order valence-corrected chi connectivity index (χ3v) is 7.09. The molecule has 0 N–H and O–H groups in total. The fourth-order valence-electron chi connectivity index (χ4n) is 5.06. The molecule has 2 aliphatic rings. The molecule has 1 unspecified atom stereocenters. The lowest BCUT2D eigenvalue weighted by molar-refractivity contribution is 0.160. The lowest BCUT2D eigenvalue weighted by Crippen LogP contribution is -2.43. The summed E-state index contributed by atoms with van der Waals surface area (Å²) in [6, 6.07) is 7.76. The molecular formula is C25H23ClFN5O3. The van der Waals surface area contributed by atoms with E-state index in [4.69, 9.17) is 16.3 Å². The number of nitriles is 1. The standard InChI is InChI=1S/C25H23ClFN5O3/c1-16-10-18(13-29-12-16)32-23(33)21(17-2-3-20(27)19(26)11-17)22(31(8-6-28)24(32)34)30-7-4-25(14-30)5-9-35-15-25/h2-3,10-13H,4-5,7-9,14-15H2,1H3. The lowest BCUT2D eigenvalue weighted by Gasteiger charge is -2.28. The van der Waals surface area contributed by atoms with E-state index in [0.29, 0.717) is 37.7 Å². The van der Waals surface area contributed by atoms with Gasteiger partial charge in [-0.1, -0.05) is 17.7 Å². The quantitative estimate of drug-likeness (QED) is 0.551. The number of benzene rings is 1. The van der Waals surface area contributed by atoms with Crippen molar-refractivity contribution in [2.75, 3.05) is 31.2 Å². The van der Waals surface area contributed by atoms with E-state index in [-0.39, 0.29) is 28.2 Å². The molecule has 2 aliphatic heterocycles. The van der Waals surface area contributed by atoms with E-state index in [1.54, 1.807) is 19.2 Å². The van der Waals surface area contributed by atoms with Crippen LogP contribution in [-0.2, 0) is 11.3 Å². The third kappa shape index (κ3) is 4.03. The van der Waals surface area contributed by atoms with E-state index in [0.717, 1.165) is 23.0 Å². The van der Waals surface area contributed by atoms with Gasteiger partial charge in [0.15, 0.2) is 0 Å². The van der Waals surface area contributed by atoms with Crippen molar-refractivity contribution in [2.24, 2.45) is 5.41 Å². The summed E-state index contributed by atoms with van der Waals surface area (Å²) in [4.78, 5) is 33.8. The second-order valence-corrected chi connectivity index (χ2v) is 9.60. The average molecular weight is 496 g/mol. The second-order valence-electron chi connectivity index (χ2n) is 9.19. The molecular weight excluding hydrogens is 473 g/mol. The number of halogens is 2. The largest absolute Gasteiger partial charge is 0.381 e. The minimum Gasteiger partial charge on any atom is -0.381 e. The molecule has 180 valence electrons. The van der Waals surface area contributed by atoms with Crippen LogP contribution in [0, 0.1) is 29.5 Å². The number of pyridine rings is 1. The molecule has 8 nitrogen and oxygen atoms in total. The van der Waals surface area contributed by atoms with Crippen LogP contribution in [0.5, 0.6) is 0 Å². The van der Waals surface area contributed by atoms with Gasteiger partial charge in [0, 0.05) is 31.3 Å². The zero-order valence-corrected chi connectivity index (χ0v) is 19.9. The number of aromatic nitrogens is 3. The molecule has 0 saturated carbocycles. The number of nitrogens with zero attached hydrogens (tertiary/aromatic N) is 5. The summed E-state index contributed by atoms with van der Waals surface area (Å²) in [5, 5.41) is 9.47. The summed E-state index contributed by atoms with van der Waals surface area (Å²) >= 11 is 6.09. The fraction of sp³-hybridized carbons (Fsp3) is 0.360. The van der Waals surface area contributed by atoms with Crippen molar-refractivity contribution in [2.45, 2.75) is 26.3 Å². The van der Waals surface area contributed by atoms with Crippen molar-refractivity contribution >= 4 is 17.4 Å². The van der Waals surface area contributed by atoms with E-state index < -0.39 is 17.1 Å². The van der Waals surface area contributed by atoms with Crippen LogP contribution in [0.2, 0.25) is 5.02 Å². The first-order chi connectivity index (χ1) is 16.8. The Morgan fingerprint density at radius 1 is 1.26 bits per heavy atom. The highest BCUT2D eigenvalue weighted by Gasteiger charge is 2.43. The minimum atomic E-state index is -0.639. The number of hydrogen-bond acceptors (Lipinski definition) is 6. The maximum absolute atomic E-state index is 14.0. The number of aryl methyl sites for hydroxylation is 1. The molecule has 1 atom stereocenters. The zero-order valence-electron chi connectivity index (χ0n) is 19.1. The predicted octanol–water partition coefficient (Wildman–Crippen LogP) is 3.30. The molecule has 35 heavy (non-hydrogen) atoms. The van der Waals surface area contributed by atoms with Crippen molar-refractivity contribution in [1.82, 2.24) is 14.1 Å². The van der Waals surface area contributed by atoms with Gasteiger partial charge < -0.3 is 9.64 Å². The number of ether oxygens (including phenoxy) is 1. The fourth-order valence-corrected chi connectivity index (χ4v) is 5.24. The van der Waals surface area contributed by atoms with Crippen LogP contribution in [0.1, 0.15) is 18.4 Å². The zero-order chi connectivity index (χ0) is 24.7. The van der Waals surface area contributed by atoms with Crippen molar-refractivity contribution in [3.05, 3.63) is 73.9 Å². The summed E-state index contributed by atoms with van der Waals surface area (Å²) in [7, 11) is 0. The molecule has 10 heteroatoms. The van der Waals surface area contributed by atoms with Gasteiger partial charge in [0.25, 0.3) is 5.56 Å². The summed E-state index contributed by atoms with van der Waals surface area (Å²) < 4.78 is 22.0. The molecule has 4 heterocycles. The van der Waals surface area contributed by atoms with Gasteiger partial charge in [0.1, 0.15) is 18.2 Å². The maximum atomic E-state index is 14.0. The molecule has 2 fully saturated rings. The van der Waals surface area contributed by atoms with E-state index in [1.165, 1.54) is 29.0 Å². The van der Waals surface area contributed by atoms with Gasteiger partial charge in [0.2, 0.25) is 0 Å². The van der Waals surface area contributed by atoms with Gasteiger partial charge >= 0.3 is 5.69 Å². The Labute approximate surface area is 205 Å². The normalized spacial score (nSPS) is 19.4. The smallest absolute Gasteiger partial charge is 0.338 e. The van der Waals surface area contributed by atoms with E-state index >= 15 is 0 Å². The van der Waals surface area contributed by atoms with E-state index in [1.807, 2.05) is 4.90 Å². The highest BCUT2D eigenvalue weighted by atomic mass is 35.5. The molecule has 2 saturated heterocycles. The van der Waals surface area contributed by atoms with Crippen LogP contribution < -0.4 is 16.1 Å². The molecule has 0 radical (unpaired) electrons. The number of hydrogen-bond donors (Lipinski definition) is 0. The molecule has 2 aromatic heterocycles. The first kappa shape index (κ1) is 23.3. The van der Waals surface area contributed by atoms with Crippen LogP contribution in [0.25, 0.3) is 16.8 Å². The highest BCUT2D eigenvalue weighted by molar-refractivity contribution is 6.31. The Bertz CT molecular complexity index is 1470. The summed E-state index contributed by atoms with van der Waals surface area (Å²) in [5.74, 6) is -0.279. The Balaban J connectivity index is 1.82. The van der Waals surface area contributed by atoms with Gasteiger partial charge in [-0.15, -0.1) is 0 Å². The van der Waals surface area contributed by atoms with Gasteiger partial charge in [-0.05, 0) is 49.1 Å². The molecule has 3 aromatic rings. The van der Waals surface area contributed by atoms with Gasteiger partial charge in [-0.25, -0.2) is 13.8 Å². The molecule has 0 aliphatic carbocycles. The van der Waals surface area contributed by atoms with Crippen LogP contribution in [0.15, 0.2) is 46.2 Å². The SMILES string of the molecule is Cc1cncc(-n2c(=O)c(-c3ccc(F)c(Cl)c3)c(N3CCC4(CCOC4)C3)n(CC#N)c2=O)c1. The Morgan fingerprint density at radius 2 is 2.09 bits per heavy atom. The lowest BCUT2D eigenvalue weighted by atomic mass is 9.87. The third-order valence-electron chi connectivity index (χ3n) is 6.80. The summed E-state index contributed by atoms with van der Waals surface area (Å²) in [5.41, 5.74) is 0.298. The predicted molar refractivity (Wildman–Crippen MR) is 130 cm³/mol. The second kappa shape index (κ2) is 8.95. The Morgan fingerprint density at radius 3 is 2.77 bits per heavy atom. The van der Waals surface area contributed by atoms with Crippen molar-refractivity contribution < 1.29 is 9.13 Å². The molecule has 5 rings (SSSR count). The monoisotopic (exact) mass is 495 g/mol. The molecule has 0 bridgehead atoms. The first-order valence-corrected chi connectivity index (χ1v) is 11.7. The van der Waals surface area contributed by atoms with E-state index in [9.17, 15) is 19.2 Å². The summed E-state index contributed by atoms with van der Waals surface area (Å²) in [6.45, 7) is 3.98.